The third-order valence-corrected chi connectivity index (χ3v) is 5.34. The quantitative estimate of drug-likeness (QED) is 0.885. The Bertz CT molecular complexity index is 433. The molecule has 0 aromatic carbocycles. The average Bonchev–Trinajstić information content (AvgIpc) is 2.77. The minimum absolute atomic E-state index is 0.561. The standard InChI is InChI=1S/C15H23NO2S/c1-3-4-12-5-7-15(8-6-12,14(17)18)9-13-16-11(2)10-19-13/h10,12H,3-9H2,1-2H3,(H,17,18). The van der Waals surface area contributed by atoms with Gasteiger partial charge in [-0.3, -0.25) is 4.79 Å². The first-order valence-corrected chi connectivity index (χ1v) is 8.08. The highest BCUT2D eigenvalue weighted by atomic mass is 32.1. The molecule has 106 valence electrons. The average molecular weight is 281 g/mol. The summed E-state index contributed by atoms with van der Waals surface area (Å²) >= 11 is 1.60. The summed E-state index contributed by atoms with van der Waals surface area (Å²) < 4.78 is 0. The lowest BCUT2D eigenvalue weighted by Gasteiger charge is -2.36. The van der Waals surface area contributed by atoms with E-state index < -0.39 is 11.4 Å². The van der Waals surface area contributed by atoms with Gasteiger partial charge in [0.05, 0.1) is 10.4 Å². The molecule has 0 saturated heterocycles. The molecule has 1 aliphatic carbocycles. The van der Waals surface area contributed by atoms with Crippen LogP contribution in [0.5, 0.6) is 0 Å². The van der Waals surface area contributed by atoms with Crippen LogP contribution in [0.15, 0.2) is 5.38 Å². The molecule has 1 heterocycles. The van der Waals surface area contributed by atoms with E-state index in [1.165, 1.54) is 12.8 Å². The lowest BCUT2D eigenvalue weighted by Crippen LogP contribution is -2.37. The molecule has 0 unspecified atom stereocenters. The molecule has 1 aromatic rings. The Balaban J connectivity index is 2.06. The Hall–Kier alpha value is -0.900. The molecular weight excluding hydrogens is 258 g/mol. The molecule has 0 bridgehead atoms. The molecule has 2 rings (SSSR count). The molecule has 1 N–H and O–H groups in total. The smallest absolute Gasteiger partial charge is 0.310 e. The van der Waals surface area contributed by atoms with Crippen molar-refractivity contribution in [3.05, 3.63) is 16.1 Å². The third-order valence-electron chi connectivity index (χ3n) is 4.37. The second-order valence-corrected chi connectivity index (χ2v) is 6.82. The lowest BCUT2D eigenvalue weighted by molar-refractivity contribution is -0.151. The van der Waals surface area contributed by atoms with Crippen LogP contribution in [0.25, 0.3) is 0 Å². The molecule has 0 amide bonds. The Morgan fingerprint density at radius 3 is 2.68 bits per heavy atom. The topological polar surface area (TPSA) is 50.2 Å². The van der Waals surface area contributed by atoms with E-state index in [1.54, 1.807) is 11.3 Å². The van der Waals surface area contributed by atoms with Crippen molar-refractivity contribution in [3.8, 4) is 0 Å². The van der Waals surface area contributed by atoms with E-state index in [4.69, 9.17) is 0 Å². The predicted octanol–water partition coefficient (Wildman–Crippen LogP) is 4.06. The molecule has 1 aromatic heterocycles. The number of aromatic nitrogens is 1. The number of nitrogens with zero attached hydrogens (tertiary/aromatic N) is 1. The second kappa shape index (κ2) is 6.04. The van der Waals surface area contributed by atoms with Crippen LogP contribution in [0.2, 0.25) is 0 Å². The second-order valence-electron chi connectivity index (χ2n) is 5.88. The van der Waals surface area contributed by atoms with Crippen LogP contribution < -0.4 is 0 Å². The summed E-state index contributed by atoms with van der Waals surface area (Å²) in [5, 5.41) is 12.6. The molecule has 4 heteroatoms. The van der Waals surface area contributed by atoms with E-state index >= 15 is 0 Å². The zero-order valence-corrected chi connectivity index (χ0v) is 12.6. The van der Waals surface area contributed by atoms with Crippen molar-refractivity contribution in [3.63, 3.8) is 0 Å². The van der Waals surface area contributed by atoms with Crippen molar-refractivity contribution in [1.82, 2.24) is 4.98 Å². The van der Waals surface area contributed by atoms with Crippen molar-refractivity contribution in [1.29, 1.82) is 0 Å². The van der Waals surface area contributed by atoms with Crippen LogP contribution in [0.1, 0.15) is 56.2 Å². The summed E-state index contributed by atoms with van der Waals surface area (Å²) in [7, 11) is 0. The Labute approximate surface area is 119 Å². The summed E-state index contributed by atoms with van der Waals surface area (Å²) in [5.41, 5.74) is 0.439. The fourth-order valence-electron chi connectivity index (χ4n) is 3.17. The maximum absolute atomic E-state index is 11.7. The molecule has 0 radical (unpaired) electrons. The molecule has 1 aliphatic rings. The predicted molar refractivity (Wildman–Crippen MR) is 77.5 cm³/mol. The lowest BCUT2D eigenvalue weighted by atomic mass is 9.68. The first-order valence-electron chi connectivity index (χ1n) is 7.20. The highest BCUT2D eigenvalue weighted by molar-refractivity contribution is 7.09. The monoisotopic (exact) mass is 281 g/mol. The summed E-state index contributed by atoms with van der Waals surface area (Å²) in [6, 6.07) is 0. The third kappa shape index (κ3) is 3.35. The zero-order chi connectivity index (χ0) is 13.9. The van der Waals surface area contributed by atoms with Gasteiger partial charge in [-0.1, -0.05) is 19.8 Å². The van der Waals surface area contributed by atoms with E-state index in [1.807, 2.05) is 12.3 Å². The van der Waals surface area contributed by atoms with Crippen LogP contribution >= 0.6 is 11.3 Å². The number of hydrogen-bond acceptors (Lipinski definition) is 3. The van der Waals surface area contributed by atoms with Gasteiger partial charge in [-0.15, -0.1) is 11.3 Å². The molecule has 19 heavy (non-hydrogen) atoms. The highest BCUT2D eigenvalue weighted by Gasteiger charge is 2.42. The number of carboxylic acids is 1. The largest absolute Gasteiger partial charge is 0.481 e. The highest BCUT2D eigenvalue weighted by Crippen LogP contribution is 2.43. The Morgan fingerprint density at radius 1 is 1.53 bits per heavy atom. The normalized spacial score (nSPS) is 27.4. The summed E-state index contributed by atoms with van der Waals surface area (Å²) in [5.74, 6) is 0.103. The van der Waals surface area contributed by atoms with E-state index in [9.17, 15) is 9.90 Å². The van der Waals surface area contributed by atoms with Gasteiger partial charge in [0.25, 0.3) is 0 Å². The number of hydrogen-bond donors (Lipinski definition) is 1. The molecule has 3 nitrogen and oxygen atoms in total. The number of aryl methyl sites for hydroxylation is 1. The van der Waals surface area contributed by atoms with Crippen LogP contribution in [0.4, 0.5) is 0 Å². The van der Waals surface area contributed by atoms with Gasteiger partial charge in [-0.25, -0.2) is 4.98 Å². The maximum Gasteiger partial charge on any atom is 0.310 e. The zero-order valence-electron chi connectivity index (χ0n) is 11.8. The minimum atomic E-state index is -0.629. The first kappa shape index (κ1) is 14.5. The van der Waals surface area contributed by atoms with E-state index in [2.05, 4.69) is 11.9 Å². The van der Waals surface area contributed by atoms with E-state index in [0.717, 1.165) is 42.3 Å². The Kier molecular flexibility index (Phi) is 4.61. The SMILES string of the molecule is CCCC1CCC(Cc2nc(C)cs2)(C(=O)O)CC1. The number of carbonyl (C=O) groups is 1. The molecule has 0 spiro atoms. The summed E-state index contributed by atoms with van der Waals surface area (Å²) in [6.07, 6.45) is 6.80. The van der Waals surface area contributed by atoms with Crippen LogP contribution in [-0.2, 0) is 11.2 Å². The van der Waals surface area contributed by atoms with Crippen molar-refractivity contribution in [2.24, 2.45) is 11.3 Å². The van der Waals surface area contributed by atoms with Gasteiger partial charge in [0.15, 0.2) is 0 Å². The fraction of sp³-hybridized carbons (Fsp3) is 0.733. The first-order chi connectivity index (χ1) is 9.05. The van der Waals surface area contributed by atoms with Crippen molar-refractivity contribution in [2.75, 3.05) is 0 Å². The Morgan fingerprint density at radius 2 is 2.21 bits per heavy atom. The van der Waals surface area contributed by atoms with Gasteiger partial charge in [-0.05, 0) is 38.5 Å². The molecular formula is C15H23NO2S. The van der Waals surface area contributed by atoms with Gasteiger partial charge in [-0.2, -0.15) is 0 Å². The van der Waals surface area contributed by atoms with Crippen molar-refractivity contribution < 1.29 is 9.90 Å². The van der Waals surface area contributed by atoms with Crippen molar-refractivity contribution in [2.45, 2.75) is 58.8 Å². The number of aliphatic carboxylic acids is 1. The van der Waals surface area contributed by atoms with Gasteiger partial charge in [0.2, 0.25) is 0 Å². The molecule has 1 fully saturated rings. The fourth-order valence-corrected chi connectivity index (χ4v) is 4.08. The van der Waals surface area contributed by atoms with Crippen LogP contribution in [-0.4, -0.2) is 16.1 Å². The number of carboxylic acid groups (broad SMARTS) is 1. The van der Waals surface area contributed by atoms with Crippen LogP contribution in [0, 0.1) is 18.3 Å². The van der Waals surface area contributed by atoms with Gasteiger partial charge >= 0.3 is 5.97 Å². The summed E-state index contributed by atoms with van der Waals surface area (Å²) in [6.45, 7) is 4.17. The number of thiazole rings is 1. The van der Waals surface area contributed by atoms with E-state index in [-0.39, 0.29) is 0 Å². The molecule has 0 atom stereocenters. The number of rotatable bonds is 5. The van der Waals surface area contributed by atoms with Crippen molar-refractivity contribution >= 4 is 17.3 Å². The van der Waals surface area contributed by atoms with E-state index in [0.29, 0.717) is 6.42 Å². The van der Waals surface area contributed by atoms with Gasteiger partial charge in [0, 0.05) is 17.5 Å². The van der Waals surface area contributed by atoms with Gasteiger partial charge < -0.3 is 5.11 Å². The van der Waals surface area contributed by atoms with Gasteiger partial charge in [0.1, 0.15) is 0 Å². The maximum atomic E-state index is 11.7. The minimum Gasteiger partial charge on any atom is -0.481 e. The summed E-state index contributed by atoms with van der Waals surface area (Å²) in [4.78, 5) is 16.2. The van der Waals surface area contributed by atoms with Crippen LogP contribution in [0.3, 0.4) is 0 Å². The molecule has 0 aliphatic heterocycles. The molecule has 1 saturated carbocycles.